The first kappa shape index (κ1) is 51.8. The maximum absolute atomic E-state index is 13.6. The number of hydrogen-bond acceptors (Lipinski definition) is 9. The summed E-state index contributed by atoms with van der Waals surface area (Å²) >= 11 is 12.8. The number of Topliss-reactive ketones (excluding diaryl/α,β-unsaturated/α-hetero) is 1. The van der Waals surface area contributed by atoms with Gasteiger partial charge in [0.05, 0.1) is 61.0 Å². The van der Waals surface area contributed by atoms with Gasteiger partial charge in [0.15, 0.2) is 25.5 Å². The quantitative estimate of drug-likeness (QED) is 0.139. The fourth-order valence-electron chi connectivity index (χ4n) is 8.54. The number of benzene rings is 6. The summed E-state index contributed by atoms with van der Waals surface area (Å²) in [4.78, 5) is 24.6. The van der Waals surface area contributed by atoms with E-state index in [0.29, 0.717) is 62.2 Å². The maximum atomic E-state index is 13.6. The summed E-state index contributed by atoms with van der Waals surface area (Å²) in [5.41, 5.74) is 10.5. The number of halogens is 5. The number of sulfone groups is 2. The number of nitrogens with two attached hydrogens (primary N) is 1. The largest absolute Gasteiger partial charge is 0.478 e. The van der Waals surface area contributed by atoms with Crippen molar-refractivity contribution in [3.05, 3.63) is 166 Å². The molecule has 12 nitrogen and oxygen atoms in total. The molecule has 0 aliphatic carbocycles. The molecule has 2 aromatic heterocycles. The molecule has 3 N–H and O–H groups in total. The van der Waals surface area contributed by atoms with Crippen LogP contribution in [0, 0.1) is 17.0 Å². The number of aromatic nitrogens is 4. The lowest BCUT2D eigenvalue weighted by Crippen LogP contribution is -2.36. The summed E-state index contributed by atoms with van der Waals surface area (Å²) in [6.07, 6.45) is 1.24. The standard InChI is InChI=1S/C26H22ClFN2O3S.C20H12ClFN2O2.C5H11NO2S.ClH/c1-26(12-13-34(32,33)16-26)15-24(31)17-6-11-21-23(14-17)30(19-9-7-18(28)8-10-19)29-25(21)20-4-2-3-5-22(20)27;21-17-4-2-1-3-15(17)19-16-10-5-12(20(25)26)11-18(16)24(23-19)14-8-6-13(22)7-9-14;1-5(6)2-3-9(7,8)4-5;/h2-11,14H,12-13,15-16H2,1H3;1-11H,(H,25,26);2-4,6H2,1H3;1H. The zero-order valence-electron chi connectivity index (χ0n) is 37.7. The van der Waals surface area contributed by atoms with Crippen molar-refractivity contribution in [2.75, 3.05) is 23.0 Å². The molecule has 19 heteroatoms. The van der Waals surface area contributed by atoms with Crippen molar-refractivity contribution in [2.24, 2.45) is 11.1 Å². The Bertz CT molecular complexity index is 3510. The lowest BCUT2D eigenvalue weighted by Gasteiger charge is -2.20. The number of aromatic carboxylic acids is 1. The molecule has 10 rings (SSSR count). The average Bonchev–Trinajstić information content (AvgIpc) is 4.02. The van der Waals surface area contributed by atoms with Crippen LogP contribution in [0.2, 0.25) is 10.0 Å². The molecule has 0 amide bonds. The lowest BCUT2D eigenvalue weighted by molar-refractivity contribution is 0.0696. The fraction of sp³-hybridized carbons (Fsp3) is 0.216. The number of carbonyl (C=O) groups excluding carboxylic acids is 1. The van der Waals surface area contributed by atoms with Gasteiger partial charge in [-0.15, -0.1) is 12.4 Å². The molecule has 2 aliphatic heterocycles. The summed E-state index contributed by atoms with van der Waals surface area (Å²) in [7, 11) is -5.88. The molecule has 2 saturated heterocycles. The third-order valence-electron chi connectivity index (χ3n) is 12.0. The van der Waals surface area contributed by atoms with Gasteiger partial charge in [-0.2, -0.15) is 10.2 Å². The minimum absolute atomic E-state index is 0. The minimum Gasteiger partial charge on any atom is -0.478 e. The fourth-order valence-corrected chi connectivity index (χ4v) is 13.3. The Kier molecular flexibility index (Phi) is 15.1. The molecule has 0 spiro atoms. The third kappa shape index (κ3) is 11.6. The molecule has 2 fully saturated rings. The number of carboxylic acid groups (broad SMARTS) is 1. The van der Waals surface area contributed by atoms with Crippen LogP contribution in [0.3, 0.4) is 0 Å². The van der Waals surface area contributed by atoms with E-state index in [-0.39, 0.29) is 64.8 Å². The number of carboxylic acids is 1. The molecule has 0 radical (unpaired) electrons. The van der Waals surface area contributed by atoms with Crippen LogP contribution in [0.5, 0.6) is 0 Å². The first-order valence-electron chi connectivity index (χ1n) is 21.6. The highest BCUT2D eigenvalue weighted by Crippen LogP contribution is 2.39. The predicted molar refractivity (Wildman–Crippen MR) is 273 cm³/mol. The normalized spacial score (nSPS) is 18.8. The Labute approximate surface area is 419 Å². The highest BCUT2D eigenvalue weighted by atomic mass is 35.5. The monoisotopic (exact) mass is 1050 g/mol. The van der Waals surface area contributed by atoms with E-state index >= 15 is 0 Å². The van der Waals surface area contributed by atoms with Gasteiger partial charge in [-0.25, -0.2) is 39.8 Å². The molecule has 0 saturated carbocycles. The Hall–Kier alpha value is -6.01. The molecule has 70 heavy (non-hydrogen) atoms. The van der Waals surface area contributed by atoms with Gasteiger partial charge in [-0.1, -0.05) is 72.6 Å². The Balaban J connectivity index is 0.000000177. The highest BCUT2D eigenvalue weighted by Gasteiger charge is 2.40. The predicted octanol–water partition coefficient (Wildman–Crippen LogP) is 11.0. The number of hydrogen-bond donors (Lipinski definition) is 2. The van der Waals surface area contributed by atoms with Gasteiger partial charge in [0, 0.05) is 39.4 Å². The smallest absolute Gasteiger partial charge is 0.335 e. The Morgan fingerprint density at radius 3 is 1.46 bits per heavy atom. The Morgan fingerprint density at radius 2 is 1.07 bits per heavy atom. The third-order valence-corrected chi connectivity index (χ3v) is 16.6. The highest BCUT2D eigenvalue weighted by molar-refractivity contribution is 7.92. The molecule has 2 unspecified atom stereocenters. The van der Waals surface area contributed by atoms with Crippen molar-refractivity contribution < 1.29 is 40.3 Å². The first-order valence-corrected chi connectivity index (χ1v) is 26.0. The zero-order valence-corrected chi connectivity index (χ0v) is 41.6. The van der Waals surface area contributed by atoms with Gasteiger partial charge in [0.2, 0.25) is 0 Å². The van der Waals surface area contributed by atoms with Gasteiger partial charge in [-0.05, 0) is 116 Å². The molecular formula is C51H46Cl3F2N5O7S2. The Morgan fingerprint density at radius 1 is 0.643 bits per heavy atom. The maximum Gasteiger partial charge on any atom is 0.335 e. The molecule has 8 aromatic rings. The topological polar surface area (TPSA) is 184 Å². The van der Waals surface area contributed by atoms with Crippen molar-refractivity contribution in [3.8, 4) is 33.9 Å². The van der Waals surface area contributed by atoms with Gasteiger partial charge >= 0.3 is 5.97 Å². The summed E-state index contributed by atoms with van der Waals surface area (Å²) in [5.74, 6) is -1.30. The molecule has 0 bridgehead atoms. The number of fused-ring (bicyclic) bond motifs is 2. The van der Waals surface area contributed by atoms with E-state index < -0.39 is 36.6 Å². The van der Waals surface area contributed by atoms with Crippen molar-refractivity contribution in [1.82, 2.24) is 19.6 Å². The van der Waals surface area contributed by atoms with E-state index in [0.717, 1.165) is 21.9 Å². The second kappa shape index (κ2) is 20.4. The van der Waals surface area contributed by atoms with Crippen LogP contribution in [0.15, 0.2) is 133 Å². The summed E-state index contributed by atoms with van der Waals surface area (Å²) in [6.45, 7) is 3.63. The van der Waals surface area contributed by atoms with E-state index in [1.165, 1.54) is 30.3 Å². The zero-order chi connectivity index (χ0) is 49.5. The molecule has 364 valence electrons. The van der Waals surface area contributed by atoms with Crippen LogP contribution in [0.25, 0.3) is 55.7 Å². The van der Waals surface area contributed by atoms with Crippen molar-refractivity contribution >= 4 is 88.8 Å². The number of carbonyl (C=O) groups is 2. The van der Waals surface area contributed by atoms with Crippen LogP contribution < -0.4 is 5.73 Å². The first-order chi connectivity index (χ1) is 32.6. The molecule has 6 aromatic carbocycles. The summed E-state index contributed by atoms with van der Waals surface area (Å²) in [6, 6.07) is 36.6. The van der Waals surface area contributed by atoms with Crippen LogP contribution >= 0.6 is 35.6 Å². The van der Waals surface area contributed by atoms with Gasteiger partial charge in [-0.3, -0.25) is 4.79 Å². The second-order valence-corrected chi connectivity index (χ2v) is 23.1. The number of rotatable bonds is 8. The van der Waals surface area contributed by atoms with Crippen LogP contribution in [0.1, 0.15) is 53.8 Å². The summed E-state index contributed by atoms with van der Waals surface area (Å²) in [5, 5.41) is 21.4. The minimum atomic E-state index is -3.10. The second-order valence-electron chi connectivity index (χ2n) is 18.0. The van der Waals surface area contributed by atoms with Gasteiger partial charge in [0.25, 0.3) is 0 Å². The van der Waals surface area contributed by atoms with Crippen molar-refractivity contribution in [1.29, 1.82) is 0 Å². The van der Waals surface area contributed by atoms with Crippen molar-refractivity contribution in [3.63, 3.8) is 0 Å². The van der Waals surface area contributed by atoms with E-state index in [9.17, 15) is 40.3 Å². The average molecular weight is 1050 g/mol. The number of ketones is 1. The van der Waals surface area contributed by atoms with E-state index in [1.54, 1.807) is 77.0 Å². The van der Waals surface area contributed by atoms with E-state index in [4.69, 9.17) is 34.0 Å². The summed E-state index contributed by atoms with van der Waals surface area (Å²) < 4.78 is 75.6. The molecule has 4 heterocycles. The molecular weight excluding hydrogens is 1000 g/mol. The van der Waals surface area contributed by atoms with Gasteiger partial charge in [0.1, 0.15) is 23.0 Å². The van der Waals surface area contributed by atoms with Crippen LogP contribution in [0.4, 0.5) is 8.78 Å². The lowest BCUT2D eigenvalue weighted by atomic mass is 9.83. The van der Waals surface area contributed by atoms with E-state index in [2.05, 4.69) is 5.10 Å². The SMILES string of the molecule is CC1(CC(=O)c2ccc3c(-c4ccccc4Cl)nn(-c4ccc(F)cc4)c3c2)CCS(=O)(=O)C1.CC1(N)CCS(=O)(=O)C1.Cl.O=C(O)c1ccc2c(-c3ccccc3Cl)nn(-c3ccc(F)cc3)c2c1. The van der Waals surface area contributed by atoms with Crippen molar-refractivity contribution in [2.45, 2.75) is 38.6 Å². The molecule has 2 atom stereocenters. The van der Waals surface area contributed by atoms with Crippen LogP contribution in [-0.4, -0.2) is 81.8 Å². The van der Waals surface area contributed by atoms with Gasteiger partial charge < -0.3 is 10.8 Å². The molecule has 2 aliphatic rings. The number of nitrogens with zero attached hydrogens (tertiary/aromatic N) is 4. The van der Waals surface area contributed by atoms with Crippen LogP contribution in [-0.2, 0) is 19.7 Å². The van der Waals surface area contributed by atoms with E-state index in [1.807, 2.05) is 49.4 Å².